The summed E-state index contributed by atoms with van der Waals surface area (Å²) >= 11 is 0. The Morgan fingerprint density at radius 3 is 2.74 bits per heavy atom. The Kier molecular flexibility index (Phi) is 6.36. The van der Waals surface area contributed by atoms with E-state index in [-0.39, 0.29) is 24.0 Å². The predicted octanol–water partition coefficient (Wildman–Crippen LogP) is 2.01. The zero-order valence-corrected chi connectivity index (χ0v) is 15.1. The van der Waals surface area contributed by atoms with Crippen LogP contribution in [0.1, 0.15) is 32.6 Å². The Morgan fingerprint density at radius 1 is 1.47 bits per heavy atom. The van der Waals surface area contributed by atoms with Crippen LogP contribution >= 0.6 is 24.0 Å². The van der Waals surface area contributed by atoms with Crippen LogP contribution < -0.4 is 5.32 Å². The molecular formula is C14H29IN4. The Morgan fingerprint density at radius 2 is 2.21 bits per heavy atom. The van der Waals surface area contributed by atoms with E-state index in [4.69, 9.17) is 0 Å². The molecule has 0 spiro atoms. The molecule has 1 aliphatic heterocycles. The van der Waals surface area contributed by atoms with E-state index in [0.717, 1.165) is 31.5 Å². The summed E-state index contributed by atoms with van der Waals surface area (Å²) < 4.78 is 0. The quantitative estimate of drug-likeness (QED) is 0.760. The van der Waals surface area contributed by atoms with Crippen molar-refractivity contribution in [3.8, 4) is 0 Å². The van der Waals surface area contributed by atoms with Gasteiger partial charge in [-0.3, -0.25) is 4.99 Å². The molecule has 1 saturated carbocycles. The molecule has 0 amide bonds. The number of aliphatic imine (C=N–C) groups is 1. The van der Waals surface area contributed by atoms with Gasteiger partial charge in [-0.05, 0) is 32.9 Å². The van der Waals surface area contributed by atoms with Gasteiger partial charge in [0.1, 0.15) is 0 Å². The van der Waals surface area contributed by atoms with Gasteiger partial charge in [0.15, 0.2) is 5.96 Å². The number of hydrogen-bond acceptors (Lipinski definition) is 4. The molecule has 0 radical (unpaired) electrons. The summed E-state index contributed by atoms with van der Waals surface area (Å²) in [6.07, 6.45) is 5.33. The van der Waals surface area contributed by atoms with Crippen molar-refractivity contribution in [3.05, 3.63) is 0 Å². The second-order valence-corrected chi connectivity index (χ2v) is 6.30. The van der Waals surface area contributed by atoms with Crippen LogP contribution in [0, 0.1) is 5.92 Å². The van der Waals surface area contributed by atoms with Gasteiger partial charge in [-0.15, -0.1) is 24.0 Å². The fraction of sp³-hybridized carbons (Fsp3) is 0.929. The van der Waals surface area contributed by atoms with Gasteiger partial charge < -0.3 is 15.1 Å². The second-order valence-electron chi connectivity index (χ2n) is 6.30. The van der Waals surface area contributed by atoms with Crippen LogP contribution in [0.2, 0.25) is 0 Å². The topological polar surface area (TPSA) is 30.9 Å². The summed E-state index contributed by atoms with van der Waals surface area (Å²) in [5.41, 5.74) is 0.309. The third-order valence-corrected chi connectivity index (χ3v) is 4.65. The monoisotopic (exact) mass is 380 g/mol. The Hall–Kier alpha value is -0.0400. The molecule has 2 rings (SSSR count). The first-order chi connectivity index (χ1) is 8.53. The Balaban J connectivity index is 0.00000180. The van der Waals surface area contributed by atoms with Crippen molar-refractivity contribution in [1.29, 1.82) is 0 Å². The van der Waals surface area contributed by atoms with E-state index in [1.54, 1.807) is 0 Å². The molecule has 0 aromatic heterocycles. The van der Waals surface area contributed by atoms with Gasteiger partial charge in [0.2, 0.25) is 0 Å². The maximum absolute atomic E-state index is 4.52. The molecule has 1 fully saturated rings. The normalized spacial score (nSPS) is 31.1. The maximum atomic E-state index is 4.52. The summed E-state index contributed by atoms with van der Waals surface area (Å²) in [6, 6.07) is 0. The highest BCUT2D eigenvalue weighted by atomic mass is 127. The lowest BCUT2D eigenvalue weighted by Crippen LogP contribution is -2.56. The molecule has 2 aliphatic rings. The lowest BCUT2D eigenvalue weighted by atomic mass is 9.75. The molecule has 0 bridgehead atoms. The number of hydrogen-bond donors (Lipinski definition) is 1. The largest absolute Gasteiger partial charge is 0.354 e. The van der Waals surface area contributed by atoms with Gasteiger partial charge in [-0.1, -0.05) is 19.8 Å². The van der Waals surface area contributed by atoms with E-state index in [1.807, 2.05) is 0 Å². The molecule has 5 heteroatoms. The molecule has 4 nitrogen and oxygen atoms in total. The molecule has 0 saturated heterocycles. The lowest BCUT2D eigenvalue weighted by molar-refractivity contribution is 0.0792. The van der Waals surface area contributed by atoms with Crippen LogP contribution in [0.3, 0.4) is 0 Å². The SMILES string of the molecule is CC1CCCC(CNC2=NCCN2C)(N(C)C)C1.I. The van der Waals surface area contributed by atoms with Crippen molar-refractivity contribution >= 4 is 29.9 Å². The van der Waals surface area contributed by atoms with Crippen molar-refractivity contribution in [3.63, 3.8) is 0 Å². The molecule has 1 N–H and O–H groups in total. The van der Waals surface area contributed by atoms with E-state index in [1.165, 1.54) is 25.7 Å². The minimum Gasteiger partial charge on any atom is -0.354 e. The van der Waals surface area contributed by atoms with E-state index in [9.17, 15) is 0 Å². The van der Waals surface area contributed by atoms with Crippen LogP contribution in [0.5, 0.6) is 0 Å². The summed E-state index contributed by atoms with van der Waals surface area (Å²) in [4.78, 5) is 9.16. The summed E-state index contributed by atoms with van der Waals surface area (Å²) in [5.74, 6) is 1.92. The third kappa shape index (κ3) is 3.97. The van der Waals surface area contributed by atoms with E-state index >= 15 is 0 Å². The summed E-state index contributed by atoms with van der Waals surface area (Å²) in [6.45, 7) is 5.39. The fourth-order valence-corrected chi connectivity index (χ4v) is 3.32. The molecule has 2 atom stereocenters. The van der Waals surface area contributed by atoms with Gasteiger partial charge in [0.25, 0.3) is 0 Å². The van der Waals surface area contributed by atoms with Gasteiger partial charge in [0.05, 0.1) is 6.54 Å². The summed E-state index contributed by atoms with van der Waals surface area (Å²) in [5, 5.41) is 3.58. The van der Waals surface area contributed by atoms with Gasteiger partial charge in [0, 0.05) is 25.7 Å². The Bertz CT molecular complexity index is 319. The third-order valence-electron chi connectivity index (χ3n) is 4.65. The van der Waals surface area contributed by atoms with Gasteiger partial charge in [-0.25, -0.2) is 0 Å². The van der Waals surface area contributed by atoms with E-state index in [2.05, 4.69) is 48.2 Å². The summed E-state index contributed by atoms with van der Waals surface area (Å²) in [7, 11) is 6.56. The lowest BCUT2D eigenvalue weighted by Gasteiger charge is -2.45. The van der Waals surface area contributed by atoms with Crippen LogP contribution in [-0.4, -0.2) is 62.1 Å². The standard InChI is InChI=1S/C14H28N4.HI/c1-12-6-5-7-14(10-12,17(2)3)11-16-13-15-8-9-18(13)4;/h12H,5-11H2,1-4H3,(H,15,16);1H. The number of guanidine groups is 1. The Labute approximate surface area is 135 Å². The van der Waals surface area contributed by atoms with Gasteiger partial charge in [-0.2, -0.15) is 0 Å². The minimum absolute atomic E-state index is 0. The number of halogens is 1. The highest BCUT2D eigenvalue weighted by molar-refractivity contribution is 14.0. The van der Waals surface area contributed by atoms with Crippen LogP contribution in [0.25, 0.3) is 0 Å². The number of rotatable bonds is 3. The number of likely N-dealkylation sites (N-methyl/N-ethyl adjacent to an activating group) is 2. The predicted molar refractivity (Wildman–Crippen MR) is 92.4 cm³/mol. The van der Waals surface area contributed by atoms with Crippen molar-refractivity contribution in [2.45, 2.75) is 38.1 Å². The molecule has 1 heterocycles. The minimum atomic E-state index is 0. The zero-order chi connectivity index (χ0) is 13.2. The molecule has 19 heavy (non-hydrogen) atoms. The smallest absolute Gasteiger partial charge is 0.193 e. The number of nitrogens with zero attached hydrogens (tertiary/aromatic N) is 3. The van der Waals surface area contributed by atoms with Crippen LogP contribution in [-0.2, 0) is 0 Å². The van der Waals surface area contributed by atoms with Crippen LogP contribution in [0.4, 0.5) is 0 Å². The molecule has 0 aromatic rings. The van der Waals surface area contributed by atoms with Crippen LogP contribution in [0.15, 0.2) is 4.99 Å². The number of nitrogens with one attached hydrogen (secondary N) is 1. The van der Waals surface area contributed by atoms with Crippen molar-refractivity contribution < 1.29 is 0 Å². The zero-order valence-electron chi connectivity index (χ0n) is 12.8. The first-order valence-electron chi connectivity index (χ1n) is 7.20. The van der Waals surface area contributed by atoms with E-state index in [0.29, 0.717) is 5.54 Å². The maximum Gasteiger partial charge on any atom is 0.193 e. The van der Waals surface area contributed by atoms with E-state index < -0.39 is 0 Å². The van der Waals surface area contributed by atoms with Crippen molar-refractivity contribution in [2.75, 3.05) is 40.8 Å². The highest BCUT2D eigenvalue weighted by Crippen LogP contribution is 2.35. The molecular weight excluding hydrogens is 351 g/mol. The average Bonchev–Trinajstić information content (AvgIpc) is 2.72. The fourth-order valence-electron chi connectivity index (χ4n) is 3.32. The second kappa shape index (κ2) is 7.11. The first kappa shape index (κ1) is 17.0. The highest BCUT2D eigenvalue weighted by Gasteiger charge is 2.37. The average molecular weight is 380 g/mol. The van der Waals surface area contributed by atoms with Gasteiger partial charge >= 0.3 is 0 Å². The molecule has 1 aliphatic carbocycles. The molecule has 0 aromatic carbocycles. The van der Waals surface area contributed by atoms with Crippen molar-refractivity contribution in [1.82, 2.24) is 15.1 Å². The van der Waals surface area contributed by atoms with Crippen molar-refractivity contribution in [2.24, 2.45) is 10.9 Å². The molecule has 112 valence electrons. The first-order valence-corrected chi connectivity index (χ1v) is 7.20. The molecule has 2 unspecified atom stereocenters.